The summed E-state index contributed by atoms with van der Waals surface area (Å²) in [5.41, 5.74) is 0. The van der Waals surface area contributed by atoms with Crippen molar-refractivity contribution < 1.29 is 13.6 Å². The zero-order valence-electron chi connectivity index (χ0n) is 5.40. The summed E-state index contributed by atoms with van der Waals surface area (Å²) in [6.45, 7) is 1.48. The van der Waals surface area contributed by atoms with E-state index in [0.29, 0.717) is 0 Å². The fourth-order valence-electron chi connectivity index (χ4n) is 0.707. The lowest BCUT2D eigenvalue weighted by molar-refractivity contribution is -0.113. The highest BCUT2D eigenvalue weighted by Gasteiger charge is 2.21. The molecule has 0 aromatic carbocycles. The lowest BCUT2D eigenvalue weighted by Gasteiger charge is -2.07. The van der Waals surface area contributed by atoms with Crippen LogP contribution in [0.3, 0.4) is 0 Å². The Labute approximate surface area is 57.0 Å². The molecule has 0 aromatic rings. The molecule has 54 valence electrons. The van der Waals surface area contributed by atoms with Gasteiger partial charge in [0.15, 0.2) is 0 Å². The summed E-state index contributed by atoms with van der Waals surface area (Å²) in [5.74, 6) is -3.70. The highest BCUT2D eigenvalue weighted by molar-refractivity contribution is 6.03. The lowest BCUT2D eigenvalue weighted by Crippen LogP contribution is -2.06. The normalized spacial score (nSPS) is 25.9. The van der Waals surface area contributed by atoms with E-state index in [1.165, 1.54) is 13.0 Å². The summed E-state index contributed by atoms with van der Waals surface area (Å²) >= 11 is 0. The van der Waals surface area contributed by atoms with Gasteiger partial charge in [0.2, 0.25) is 11.6 Å². The highest BCUT2D eigenvalue weighted by atomic mass is 19.2. The van der Waals surface area contributed by atoms with E-state index >= 15 is 0 Å². The first-order valence-corrected chi connectivity index (χ1v) is 2.90. The van der Waals surface area contributed by atoms with E-state index in [0.717, 1.165) is 6.08 Å². The summed E-state index contributed by atoms with van der Waals surface area (Å²) < 4.78 is 24.8. The number of ketones is 1. The van der Waals surface area contributed by atoms with E-state index in [1.807, 2.05) is 0 Å². The van der Waals surface area contributed by atoms with Crippen LogP contribution in [0.15, 0.2) is 23.8 Å². The maximum atomic E-state index is 12.5. The molecule has 0 saturated carbocycles. The number of hydrogen-bond donors (Lipinski definition) is 0. The fourth-order valence-corrected chi connectivity index (χ4v) is 0.707. The number of hydrogen-bond acceptors (Lipinski definition) is 1. The van der Waals surface area contributed by atoms with Crippen LogP contribution in [0.4, 0.5) is 8.78 Å². The van der Waals surface area contributed by atoms with Crippen LogP contribution in [0.2, 0.25) is 0 Å². The minimum Gasteiger partial charge on any atom is -0.287 e. The Bertz CT molecular complexity index is 228. The van der Waals surface area contributed by atoms with Gasteiger partial charge in [-0.1, -0.05) is 13.0 Å². The summed E-state index contributed by atoms with van der Waals surface area (Å²) in [6, 6.07) is 0. The Morgan fingerprint density at radius 2 is 2.10 bits per heavy atom. The zero-order chi connectivity index (χ0) is 7.72. The minimum atomic E-state index is -1.25. The summed E-state index contributed by atoms with van der Waals surface area (Å²) in [7, 11) is 0. The first-order valence-electron chi connectivity index (χ1n) is 2.90. The number of carbonyl (C=O) groups is 1. The van der Waals surface area contributed by atoms with Crippen LogP contribution in [-0.2, 0) is 4.79 Å². The molecule has 0 radical (unpaired) electrons. The Morgan fingerprint density at radius 3 is 2.60 bits per heavy atom. The lowest BCUT2D eigenvalue weighted by atomic mass is 10.0. The van der Waals surface area contributed by atoms with Crippen LogP contribution >= 0.6 is 0 Å². The average molecular weight is 144 g/mol. The van der Waals surface area contributed by atoms with E-state index < -0.39 is 23.4 Å². The monoisotopic (exact) mass is 144 g/mol. The number of halogens is 2. The molecule has 0 fully saturated rings. The third-order valence-corrected chi connectivity index (χ3v) is 1.36. The predicted molar refractivity (Wildman–Crippen MR) is 32.6 cm³/mol. The Balaban J connectivity index is 3.00. The maximum absolute atomic E-state index is 12.5. The molecule has 3 heteroatoms. The predicted octanol–water partition coefficient (Wildman–Crippen LogP) is 1.91. The van der Waals surface area contributed by atoms with Gasteiger partial charge in [-0.2, -0.15) is 4.39 Å². The molecule has 0 bridgehead atoms. The molecule has 0 heterocycles. The molecule has 0 aromatic heterocycles. The molecule has 0 N–H and O–H groups in total. The zero-order valence-corrected chi connectivity index (χ0v) is 5.40. The van der Waals surface area contributed by atoms with E-state index in [9.17, 15) is 13.6 Å². The second kappa shape index (κ2) is 2.33. The van der Waals surface area contributed by atoms with Gasteiger partial charge in [0.05, 0.1) is 0 Å². The number of carbonyl (C=O) groups excluding carboxylic acids is 1. The van der Waals surface area contributed by atoms with Gasteiger partial charge in [-0.05, 0) is 6.08 Å². The van der Waals surface area contributed by atoms with Gasteiger partial charge in [-0.15, -0.1) is 0 Å². The van der Waals surface area contributed by atoms with Gasteiger partial charge in [-0.25, -0.2) is 4.39 Å². The van der Waals surface area contributed by atoms with Crippen LogP contribution in [0, 0.1) is 5.92 Å². The van der Waals surface area contributed by atoms with Crippen molar-refractivity contribution in [2.45, 2.75) is 6.92 Å². The molecule has 1 aliphatic rings. The minimum absolute atomic E-state index is 0.599. The van der Waals surface area contributed by atoms with Crippen LogP contribution in [-0.4, -0.2) is 5.78 Å². The molecule has 0 aliphatic heterocycles. The van der Waals surface area contributed by atoms with Gasteiger partial charge >= 0.3 is 0 Å². The van der Waals surface area contributed by atoms with Crippen LogP contribution < -0.4 is 0 Å². The van der Waals surface area contributed by atoms with Gasteiger partial charge < -0.3 is 0 Å². The van der Waals surface area contributed by atoms with Gasteiger partial charge in [-0.3, -0.25) is 4.79 Å². The molecule has 10 heavy (non-hydrogen) atoms. The van der Waals surface area contributed by atoms with Gasteiger partial charge in [0.1, 0.15) is 5.83 Å². The second-order valence-corrected chi connectivity index (χ2v) is 2.17. The Kier molecular flexibility index (Phi) is 1.66. The smallest absolute Gasteiger partial charge is 0.216 e. The Hall–Kier alpha value is -0.990. The fraction of sp³-hybridized carbons (Fsp3) is 0.286. The molecule has 0 saturated heterocycles. The first-order chi connectivity index (χ1) is 4.63. The van der Waals surface area contributed by atoms with Gasteiger partial charge in [0, 0.05) is 5.92 Å². The van der Waals surface area contributed by atoms with Crippen molar-refractivity contribution >= 4 is 5.78 Å². The van der Waals surface area contributed by atoms with Crippen molar-refractivity contribution in [3.8, 4) is 0 Å². The SMILES string of the molecule is CC1C=CC(=O)C(F)=C1F. The summed E-state index contributed by atoms with van der Waals surface area (Å²) in [5, 5.41) is 0. The van der Waals surface area contributed by atoms with E-state index in [-0.39, 0.29) is 0 Å². The molecule has 1 unspecified atom stereocenters. The molecular weight excluding hydrogens is 138 g/mol. The highest BCUT2D eigenvalue weighted by Crippen LogP contribution is 2.23. The molecule has 1 rings (SSSR count). The Morgan fingerprint density at radius 1 is 1.50 bits per heavy atom. The van der Waals surface area contributed by atoms with Crippen LogP contribution in [0.5, 0.6) is 0 Å². The average Bonchev–Trinajstić information content (AvgIpc) is 1.93. The third kappa shape index (κ3) is 0.988. The topological polar surface area (TPSA) is 17.1 Å². The molecular formula is C7H6F2O. The van der Waals surface area contributed by atoms with Crippen LogP contribution in [0.1, 0.15) is 6.92 Å². The first kappa shape index (κ1) is 7.12. The number of rotatable bonds is 0. The van der Waals surface area contributed by atoms with Gasteiger partial charge in [0.25, 0.3) is 0 Å². The van der Waals surface area contributed by atoms with Crippen LogP contribution in [0.25, 0.3) is 0 Å². The van der Waals surface area contributed by atoms with Crippen molar-refractivity contribution in [2.24, 2.45) is 5.92 Å². The second-order valence-electron chi connectivity index (χ2n) is 2.17. The standard InChI is InChI=1S/C7H6F2O/c1-4-2-3-5(10)7(9)6(4)8/h2-4H,1H3. The number of allylic oxidation sites excluding steroid dienone is 4. The summed E-state index contributed by atoms with van der Waals surface area (Å²) in [4.78, 5) is 10.4. The van der Waals surface area contributed by atoms with Crippen molar-refractivity contribution in [1.29, 1.82) is 0 Å². The summed E-state index contributed by atoms with van der Waals surface area (Å²) in [6.07, 6.45) is 2.38. The van der Waals surface area contributed by atoms with Crippen molar-refractivity contribution in [1.82, 2.24) is 0 Å². The molecule has 0 spiro atoms. The van der Waals surface area contributed by atoms with E-state index in [2.05, 4.69) is 0 Å². The van der Waals surface area contributed by atoms with E-state index in [1.54, 1.807) is 0 Å². The van der Waals surface area contributed by atoms with Crippen molar-refractivity contribution in [3.63, 3.8) is 0 Å². The molecule has 0 amide bonds. The molecule has 1 aliphatic carbocycles. The maximum Gasteiger partial charge on any atom is 0.216 e. The molecule has 1 nitrogen and oxygen atoms in total. The van der Waals surface area contributed by atoms with Crippen molar-refractivity contribution in [3.05, 3.63) is 23.8 Å². The molecule has 1 atom stereocenters. The van der Waals surface area contributed by atoms with E-state index in [4.69, 9.17) is 0 Å². The third-order valence-electron chi connectivity index (χ3n) is 1.36. The van der Waals surface area contributed by atoms with Crippen molar-refractivity contribution in [2.75, 3.05) is 0 Å². The quantitative estimate of drug-likeness (QED) is 0.507. The largest absolute Gasteiger partial charge is 0.287 e.